The Labute approximate surface area is 209 Å². The monoisotopic (exact) mass is 503 g/mol. The van der Waals surface area contributed by atoms with E-state index in [9.17, 15) is 18.3 Å². The average molecular weight is 504 g/mol. The second-order valence-electron chi connectivity index (χ2n) is 9.17. The Hall–Kier alpha value is -2.64. The van der Waals surface area contributed by atoms with Gasteiger partial charge in [-0.25, -0.2) is 0 Å². The van der Waals surface area contributed by atoms with E-state index in [1.165, 1.54) is 11.6 Å². The van der Waals surface area contributed by atoms with Crippen LogP contribution in [0.5, 0.6) is 11.5 Å². The number of benzene rings is 3. The number of alkyl halides is 3. The lowest BCUT2D eigenvalue weighted by Crippen LogP contribution is -2.35. The van der Waals surface area contributed by atoms with Crippen LogP contribution in [-0.4, -0.2) is 23.3 Å². The minimum absolute atomic E-state index is 0.00417. The zero-order valence-electron chi connectivity index (χ0n) is 20.4. The molecule has 35 heavy (non-hydrogen) atoms. The maximum atomic E-state index is 13.1. The highest BCUT2D eigenvalue weighted by molar-refractivity contribution is 8.00. The maximum absolute atomic E-state index is 13.1. The molecule has 0 aromatic heterocycles. The third-order valence-electron chi connectivity index (χ3n) is 5.68. The van der Waals surface area contributed by atoms with E-state index in [1.807, 2.05) is 61.2 Å². The van der Waals surface area contributed by atoms with Crippen LogP contribution < -0.4 is 9.64 Å². The summed E-state index contributed by atoms with van der Waals surface area (Å²) < 4.78 is 45.5. The first kappa shape index (κ1) is 27.0. The molecule has 3 nitrogen and oxygen atoms in total. The molecule has 3 rings (SSSR count). The lowest BCUT2D eigenvalue weighted by molar-refractivity contribution is -0.0328. The van der Waals surface area contributed by atoms with E-state index in [0.29, 0.717) is 23.0 Å². The second-order valence-corrected chi connectivity index (χ2v) is 10.3. The number of thioether (sulfide) groups is 1. The largest absolute Gasteiger partial charge is 0.457 e. The van der Waals surface area contributed by atoms with Crippen molar-refractivity contribution in [1.29, 1.82) is 0 Å². The third kappa shape index (κ3) is 8.22. The van der Waals surface area contributed by atoms with Gasteiger partial charge in [0.15, 0.2) is 0 Å². The van der Waals surface area contributed by atoms with Crippen LogP contribution in [0.3, 0.4) is 0 Å². The van der Waals surface area contributed by atoms with Gasteiger partial charge in [0.1, 0.15) is 11.5 Å². The number of ether oxygens (including phenoxy) is 1. The van der Waals surface area contributed by atoms with E-state index in [-0.39, 0.29) is 35.7 Å². The van der Waals surface area contributed by atoms with Gasteiger partial charge in [-0.15, -0.1) is 0 Å². The van der Waals surface area contributed by atoms with Crippen LogP contribution in [0.1, 0.15) is 44.7 Å². The zero-order chi connectivity index (χ0) is 25.6. The summed E-state index contributed by atoms with van der Waals surface area (Å²) >= 11 is -0.116. The molecule has 0 amide bonds. The number of aliphatic hydroxyl groups is 1. The highest BCUT2D eigenvalue weighted by Crippen LogP contribution is 2.39. The van der Waals surface area contributed by atoms with Crippen molar-refractivity contribution >= 4 is 17.4 Å². The van der Waals surface area contributed by atoms with Crippen molar-refractivity contribution in [2.45, 2.75) is 56.7 Å². The Kier molecular flexibility index (Phi) is 9.14. The molecule has 0 saturated heterocycles. The van der Waals surface area contributed by atoms with E-state index in [4.69, 9.17) is 4.74 Å². The molecular formula is C28H32F3NO2S. The van der Waals surface area contributed by atoms with Gasteiger partial charge in [0, 0.05) is 29.7 Å². The number of hydrogen-bond acceptors (Lipinski definition) is 4. The van der Waals surface area contributed by atoms with Crippen molar-refractivity contribution in [2.24, 2.45) is 5.92 Å². The van der Waals surface area contributed by atoms with Gasteiger partial charge >= 0.3 is 5.51 Å². The molecule has 1 unspecified atom stereocenters. The first-order valence-corrected chi connectivity index (χ1v) is 12.5. The molecular weight excluding hydrogens is 471 g/mol. The molecule has 0 aliphatic rings. The first-order valence-electron chi connectivity index (χ1n) is 11.7. The molecule has 0 aliphatic heterocycles. The van der Waals surface area contributed by atoms with Crippen molar-refractivity contribution in [2.75, 3.05) is 11.4 Å². The topological polar surface area (TPSA) is 32.7 Å². The minimum atomic E-state index is -4.38. The summed E-state index contributed by atoms with van der Waals surface area (Å²) in [5.74, 6) is 1.70. The van der Waals surface area contributed by atoms with Gasteiger partial charge in [-0.05, 0) is 65.1 Å². The Bertz CT molecular complexity index is 1100. The lowest BCUT2D eigenvalue weighted by Gasteiger charge is -2.30. The Morgan fingerprint density at radius 2 is 1.54 bits per heavy atom. The summed E-state index contributed by atoms with van der Waals surface area (Å²) in [5.41, 5.74) is -1.91. The highest BCUT2D eigenvalue weighted by atomic mass is 32.2. The number of aliphatic hydroxyl groups excluding tert-OH is 1. The fourth-order valence-electron chi connectivity index (χ4n) is 3.58. The van der Waals surface area contributed by atoms with E-state index >= 15 is 0 Å². The number of anilines is 1. The fraction of sp³-hybridized carbons (Fsp3) is 0.357. The van der Waals surface area contributed by atoms with Crippen molar-refractivity contribution in [3.63, 3.8) is 0 Å². The molecule has 0 aliphatic carbocycles. The maximum Gasteiger partial charge on any atom is 0.446 e. The van der Waals surface area contributed by atoms with Crippen LogP contribution in [0, 0.1) is 5.92 Å². The fourth-order valence-corrected chi connectivity index (χ4v) is 4.24. The number of nitrogens with zero attached hydrogens (tertiary/aromatic N) is 1. The SMILES string of the molecule is CC(C)c1cccc(Oc2cccc(N(Cc3ccccc3SC(F)(F)F)CC(O)C(C)C)c2)c1. The summed E-state index contributed by atoms with van der Waals surface area (Å²) in [5, 5.41) is 10.6. The van der Waals surface area contributed by atoms with Gasteiger partial charge in [0.2, 0.25) is 0 Å². The van der Waals surface area contributed by atoms with Gasteiger partial charge in [-0.2, -0.15) is 13.2 Å². The van der Waals surface area contributed by atoms with Crippen LogP contribution >= 0.6 is 11.8 Å². The van der Waals surface area contributed by atoms with Crippen LogP contribution in [0.15, 0.2) is 77.7 Å². The normalized spacial score (nSPS) is 12.7. The molecule has 0 heterocycles. The first-order chi connectivity index (χ1) is 16.5. The van der Waals surface area contributed by atoms with Crippen LogP contribution in [0.2, 0.25) is 0 Å². The summed E-state index contributed by atoms with van der Waals surface area (Å²) in [7, 11) is 0. The predicted molar refractivity (Wildman–Crippen MR) is 137 cm³/mol. The average Bonchev–Trinajstić information content (AvgIpc) is 2.79. The van der Waals surface area contributed by atoms with Crippen LogP contribution in [0.4, 0.5) is 18.9 Å². The predicted octanol–water partition coefficient (Wildman–Crippen LogP) is 8.24. The lowest BCUT2D eigenvalue weighted by atomic mass is 10.0. The Morgan fingerprint density at radius 1 is 0.886 bits per heavy atom. The summed E-state index contributed by atoms with van der Waals surface area (Å²) in [6, 6.07) is 21.8. The van der Waals surface area contributed by atoms with Crippen molar-refractivity contribution in [3.05, 3.63) is 83.9 Å². The summed E-state index contributed by atoms with van der Waals surface area (Å²) in [6.07, 6.45) is -0.648. The molecule has 0 saturated carbocycles. The molecule has 1 atom stereocenters. The van der Waals surface area contributed by atoms with Crippen molar-refractivity contribution in [3.8, 4) is 11.5 Å². The number of rotatable bonds is 10. The molecule has 7 heteroatoms. The molecule has 0 spiro atoms. The van der Waals surface area contributed by atoms with Crippen LogP contribution in [0.25, 0.3) is 0 Å². The van der Waals surface area contributed by atoms with Gasteiger partial charge in [0.05, 0.1) is 6.10 Å². The highest BCUT2D eigenvalue weighted by Gasteiger charge is 2.30. The standard InChI is InChI=1S/C28H32F3NO2S/c1-19(2)21-10-7-12-24(15-21)34-25-13-8-11-23(16-25)32(18-26(33)20(3)4)17-22-9-5-6-14-27(22)35-28(29,30)31/h5-16,19-20,26,33H,17-18H2,1-4H3. The van der Waals surface area contributed by atoms with Crippen molar-refractivity contribution in [1.82, 2.24) is 0 Å². The second kappa shape index (κ2) is 11.9. The smallest absolute Gasteiger partial charge is 0.446 e. The molecule has 188 valence electrons. The molecule has 3 aromatic carbocycles. The Balaban J connectivity index is 1.90. The number of halogens is 3. The van der Waals surface area contributed by atoms with E-state index in [2.05, 4.69) is 19.9 Å². The van der Waals surface area contributed by atoms with Gasteiger partial charge in [-0.1, -0.05) is 64.1 Å². The third-order valence-corrected chi connectivity index (χ3v) is 6.53. The molecule has 1 N–H and O–H groups in total. The zero-order valence-corrected chi connectivity index (χ0v) is 21.2. The van der Waals surface area contributed by atoms with Crippen LogP contribution in [-0.2, 0) is 6.54 Å². The Morgan fingerprint density at radius 3 is 2.20 bits per heavy atom. The molecule has 0 radical (unpaired) electrons. The molecule has 0 bridgehead atoms. The van der Waals surface area contributed by atoms with E-state index in [1.54, 1.807) is 18.2 Å². The quantitative estimate of drug-likeness (QED) is 0.282. The number of hydrogen-bond donors (Lipinski definition) is 1. The summed E-state index contributed by atoms with van der Waals surface area (Å²) in [6.45, 7) is 8.55. The van der Waals surface area contributed by atoms with Gasteiger partial charge in [-0.3, -0.25) is 0 Å². The van der Waals surface area contributed by atoms with Crippen molar-refractivity contribution < 1.29 is 23.0 Å². The summed E-state index contributed by atoms with van der Waals surface area (Å²) in [4.78, 5) is 2.06. The molecule has 0 fully saturated rings. The van der Waals surface area contributed by atoms with E-state index < -0.39 is 11.6 Å². The van der Waals surface area contributed by atoms with Gasteiger partial charge in [0.25, 0.3) is 0 Å². The van der Waals surface area contributed by atoms with Gasteiger partial charge < -0.3 is 14.7 Å². The minimum Gasteiger partial charge on any atom is -0.457 e. The molecule has 3 aromatic rings. The van der Waals surface area contributed by atoms with E-state index in [0.717, 1.165) is 5.69 Å².